The SMILES string of the molecule is Cc1cc(C)c(NC(=O)[C@H]2CCCN2C23C[C@@H]4C[C@@H](CC(O)(C4)C2)C3)c(C)c1. The van der Waals surface area contributed by atoms with Crippen molar-refractivity contribution >= 4 is 11.6 Å². The third-order valence-electron chi connectivity index (χ3n) is 8.09. The Bertz CT molecular complexity index is 780. The van der Waals surface area contributed by atoms with E-state index in [-0.39, 0.29) is 17.5 Å². The highest BCUT2D eigenvalue weighted by Gasteiger charge is 2.60. The summed E-state index contributed by atoms with van der Waals surface area (Å²) < 4.78 is 0. The molecule has 4 nitrogen and oxygen atoms in total. The molecule has 28 heavy (non-hydrogen) atoms. The number of hydrogen-bond acceptors (Lipinski definition) is 3. The van der Waals surface area contributed by atoms with Gasteiger partial charge in [0, 0.05) is 11.2 Å². The molecule has 2 unspecified atom stereocenters. The number of likely N-dealkylation sites (tertiary alicyclic amines) is 1. The molecule has 4 saturated carbocycles. The molecule has 5 aliphatic rings. The lowest BCUT2D eigenvalue weighted by molar-refractivity contribution is -0.179. The first-order chi connectivity index (χ1) is 13.3. The number of rotatable bonds is 3. The highest BCUT2D eigenvalue weighted by molar-refractivity contribution is 5.96. The van der Waals surface area contributed by atoms with E-state index in [1.807, 2.05) is 0 Å². The van der Waals surface area contributed by atoms with E-state index in [4.69, 9.17) is 0 Å². The van der Waals surface area contributed by atoms with E-state index < -0.39 is 5.60 Å². The fourth-order valence-electron chi connectivity index (χ4n) is 7.69. The Morgan fingerprint density at radius 1 is 1.11 bits per heavy atom. The van der Waals surface area contributed by atoms with Gasteiger partial charge in [-0.05, 0) is 102 Å². The lowest BCUT2D eigenvalue weighted by Crippen LogP contribution is -2.67. The first-order valence-corrected chi connectivity index (χ1v) is 11.1. The predicted molar refractivity (Wildman–Crippen MR) is 111 cm³/mol. The summed E-state index contributed by atoms with van der Waals surface area (Å²) in [6.45, 7) is 7.26. The smallest absolute Gasteiger partial charge is 0.241 e. The Morgan fingerprint density at radius 2 is 1.75 bits per heavy atom. The molecular formula is C24H34N2O2. The Kier molecular flexibility index (Phi) is 4.19. The van der Waals surface area contributed by atoms with E-state index in [2.05, 4.69) is 43.1 Å². The number of carbonyl (C=O) groups is 1. The maximum atomic E-state index is 13.4. The summed E-state index contributed by atoms with van der Waals surface area (Å²) in [4.78, 5) is 15.9. The van der Waals surface area contributed by atoms with Crippen LogP contribution >= 0.6 is 0 Å². The van der Waals surface area contributed by atoms with Crippen LogP contribution in [0, 0.1) is 32.6 Å². The van der Waals surface area contributed by atoms with Gasteiger partial charge in [-0.2, -0.15) is 0 Å². The van der Waals surface area contributed by atoms with Crippen LogP contribution < -0.4 is 5.32 Å². The largest absolute Gasteiger partial charge is 0.390 e. The summed E-state index contributed by atoms with van der Waals surface area (Å²) in [5.74, 6) is 1.45. The minimum absolute atomic E-state index is 0.0503. The van der Waals surface area contributed by atoms with Gasteiger partial charge in [0.15, 0.2) is 0 Å². The van der Waals surface area contributed by atoms with E-state index in [1.54, 1.807) is 0 Å². The van der Waals surface area contributed by atoms with E-state index >= 15 is 0 Å². The van der Waals surface area contributed by atoms with E-state index in [0.29, 0.717) is 11.8 Å². The molecule has 1 saturated heterocycles. The van der Waals surface area contributed by atoms with Gasteiger partial charge in [0.1, 0.15) is 0 Å². The van der Waals surface area contributed by atoms with Crippen LogP contribution in [0.3, 0.4) is 0 Å². The molecule has 0 aromatic heterocycles. The van der Waals surface area contributed by atoms with Crippen molar-refractivity contribution in [3.8, 4) is 0 Å². The predicted octanol–water partition coefficient (Wildman–Crippen LogP) is 4.10. The summed E-state index contributed by atoms with van der Waals surface area (Å²) in [6, 6.07) is 4.23. The summed E-state index contributed by atoms with van der Waals surface area (Å²) in [6.07, 6.45) is 8.51. The quantitative estimate of drug-likeness (QED) is 0.828. The number of amides is 1. The second kappa shape index (κ2) is 6.30. The van der Waals surface area contributed by atoms with E-state index in [1.165, 1.54) is 24.8 Å². The van der Waals surface area contributed by atoms with Crippen molar-refractivity contribution in [1.82, 2.24) is 4.90 Å². The molecule has 1 aliphatic heterocycles. The van der Waals surface area contributed by atoms with E-state index in [9.17, 15) is 9.90 Å². The number of carbonyl (C=O) groups excluding carboxylic acids is 1. The summed E-state index contributed by atoms with van der Waals surface area (Å²) in [5, 5.41) is 14.4. The van der Waals surface area contributed by atoms with Gasteiger partial charge in [-0.15, -0.1) is 0 Å². The van der Waals surface area contributed by atoms with E-state index in [0.717, 1.165) is 55.5 Å². The Balaban J connectivity index is 1.40. The van der Waals surface area contributed by atoms with Gasteiger partial charge in [0.25, 0.3) is 0 Å². The molecule has 1 aromatic rings. The fraction of sp³-hybridized carbons (Fsp3) is 0.708. The number of hydrogen-bond donors (Lipinski definition) is 2. The van der Waals surface area contributed by atoms with Crippen LogP contribution in [0.2, 0.25) is 0 Å². The zero-order chi connectivity index (χ0) is 19.7. The third-order valence-corrected chi connectivity index (χ3v) is 8.09. The minimum Gasteiger partial charge on any atom is -0.390 e. The first kappa shape index (κ1) is 18.6. The van der Waals surface area contributed by atoms with Gasteiger partial charge < -0.3 is 10.4 Å². The van der Waals surface area contributed by atoms with Crippen LogP contribution in [-0.2, 0) is 4.79 Å². The lowest BCUT2D eigenvalue weighted by Gasteiger charge is -2.63. The van der Waals surface area contributed by atoms with Crippen LogP contribution in [0.5, 0.6) is 0 Å². The monoisotopic (exact) mass is 382 g/mol. The lowest BCUT2D eigenvalue weighted by atomic mass is 9.50. The van der Waals surface area contributed by atoms with Gasteiger partial charge in [0.2, 0.25) is 5.91 Å². The average molecular weight is 383 g/mol. The zero-order valence-electron chi connectivity index (χ0n) is 17.6. The topological polar surface area (TPSA) is 52.6 Å². The van der Waals surface area contributed by atoms with Crippen molar-refractivity contribution in [2.45, 2.75) is 89.3 Å². The zero-order valence-corrected chi connectivity index (χ0v) is 17.6. The highest BCUT2D eigenvalue weighted by atomic mass is 16.3. The molecule has 2 N–H and O–H groups in total. The molecule has 5 atom stereocenters. The van der Waals surface area contributed by atoms with Gasteiger partial charge in [-0.25, -0.2) is 0 Å². The summed E-state index contributed by atoms with van der Waals surface area (Å²) in [5.41, 5.74) is 4.06. The van der Waals surface area contributed by atoms with Crippen LogP contribution in [0.15, 0.2) is 12.1 Å². The van der Waals surface area contributed by atoms with Crippen LogP contribution in [-0.4, -0.2) is 39.6 Å². The number of nitrogens with zero attached hydrogens (tertiary/aromatic N) is 1. The van der Waals surface area contributed by atoms with Crippen molar-refractivity contribution in [1.29, 1.82) is 0 Å². The van der Waals surface area contributed by atoms with Crippen LogP contribution in [0.4, 0.5) is 5.69 Å². The fourth-order valence-corrected chi connectivity index (χ4v) is 7.69. The second-order valence-electron chi connectivity index (χ2n) is 10.5. The molecule has 152 valence electrons. The summed E-state index contributed by atoms with van der Waals surface area (Å²) >= 11 is 0. The standard InChI is InChI=1S/C24H34N2O2/c1-15-7-16(2)21(17(3)8-15)25-22(27)20-5-4-6-26(20)23-10-18-9-19(11-23)13-24(28,12-18)14-23/h7-8,18-20,28H,4-6,9-14H2,1-3H3,(H,25,27)/t18-,19+,20-,23?,24?/m1/s1. The van der Waals surface area contributed by atoms with Crippen LogP contribution in [0.1, 0.15) is 68.1 Å². The molecule has 1 amide bonds. The van der Waals surface area contributed by atoms with Gasteiger partial charge in [0.05, 0.1) is 11.6 Å². The molecule has 4 heteroatoms. The molecular weight excluding hydrogens is 348 g/mol. The van der Waals surface area contributed by atoms with Crippen molar-refractivity contribution in [2.75, 3.05) is 11.9 Å². The number of nitrogens with one attached hydrogen (secondary N) is 1. The number of anilines is 1. The highest BCUT2D eigenvalue weighted by Crippen LogP contribution is 2.60. The minimum atomic E-state index is -0.474. The third kappa shape index (κ3) is 2.91. The Labute approximate surface area is 168 Å². The van der Waals surface area contributed by atoms with Crippen molar-refractivity contribution in [2.24, 2.45) is 11.8 Å². The summed E-state index contributed by atoms with van der Waals surface area (Å²) in [7, 11) is 0. The van der Waals surface area contributed by atoms with Crippen molar-refractivity contribution in [3.05, 3.63) is 28.8 Å². The van der Waals surface area contributed by atoms with Gasteiger partial charge in [-0.3, -0.25) is 9.69 Å². The number of aryl methyl sites for hydroxylation is 3. The van der Waals surface area contributed by atoms with Gasteiger partial charge in [-0.1, -0.05) is 17.7 Å². The molecule has 4 aliphatic carbocycles. The molecule has 1 heterocycles. The second-order valence-corrected chi connectivity index (χ2v) is 10.5. The first-order valence-electron chi connectivity index (χ1n) is 11.1. The molecule has 1 aromatic carbocycles. The molecule has 4 bridgehead atoms. The maximum absolute atomic E-state index is 13.4. The Hall–Kier alpha value is -1.39. The van der Waals surface area contributed by atoms with Crippen molar-refractivity contribution in [3.63, 3.8) is 0 Å². The van der Waals surface area contributed by atoms with Crippen LogP contribution in [0.25, 0.3) is 0 Å². The van der Waals surface area contributed by atoms with Crippen molar-refractivity contribution < 1.29 is 9.90 Å². The number of benzene rings is 1. The molecule has 5 fully saturated rings. The molecule has 0 spiro atoms. The molecule has 0 radical (unpaired) electrons. The van der Waals surface area contributed by atoms with Gasteiger partial charge >= 0.3 is 0 Å². The average Bonchev–Trinajstić information content (AvgIpc) is 3.06. The number of aliphatic hydroxyl groups is 1. The molecule has 6 rings (SSSR count). The normalized spacial score (nSPS) is 39.5. The maximum Gasteiger partial charge on any atom is 0.241 e. The Morgan fingerprint density at radius 3 is 2.36 bits per heavy atom.